The molecule has 0 aliphatic heterocycles. The van der Waals surface area contributed by atoms with Crippen LogP contribution in [0.2, 0.25) is 0 Å². The van der Waals surface area contributed by atoms with Gasteiger partial charge in [-0.25, -0.2) is 4.79 Å². The van der Waals surface area contributed by atoms with Gasteiger partial charge in [0.05, 0.1) is 12.2 Å². The van der Waals surface area contributed by atoms with Gasteiger partial charge in [0.15, 0.2) is 0 Å². The van der Waals surface area contributed by atoms with Crippen molar-refractivity contribution in [3.05, 3.63) is 48.0 Å². The topological polar surface area (TPSA) is 57.0 Å². The summed E-state index contributed by atoms with van der Waals surface area (Å²) in [4.78, 5) is 15.6. The van der Waals surface area contributed by atoms with Crippen LogP contribution in [0.3, 0.4) is 0 Å². The van der Waals surface area contributed by atoms with Gasteiger partial charge < -0.3 is 4.74 Å². The second kappa shape index (κ2) is 5.95. The van der Waals surface area contributed by atoms with Crippen LogP contribution in [0.4, 0.5) is 0 Å². The Hall–Kier alpha value is -2.17. The summed E-state index contributed by atoms with van der Waals surface area (Å²) in [6.07, 6.45) is 7.57. The van der Waals surface area contributed by atoms with E-state index in [-0.39, 0.29) is 5.97 Å². The molecule has 94 valence electrons. The van der Waals surface area contributed by atoms with E-state index in [1.165, 1.54) is 6.20 Å². The number of esters is 1. The van der Waals surface area contributed by atoms with Crippen molar-refractivity contribution in [2.24, 2.45) is 0 Å². The number of aromatic nitrogens is 3. The van der Waals surface area contributed by atoms with Gasteiger partial charge in [-0.2, -0.15) is 5.10 Å². The summed E-state index contributed by atoms with van der Waals surface area (Å²) in [7, 11) is 0. The Morgan fingerprint density at radius 3 is 3.06 bits per heavy atom. The zero-order valence-corrected chi connectivity index (χ0v) is 10.2. The summed E-state index contributed by atoms with van der Waals surface area (Å²) in [5.74, 6) is -0.327. The van der Waals surface area contributed by atoms with E-state index in [1.807, 2.05) is 23.9 Å². The van der Waals surface area contributed by atoms with Gasteiger partial charge in [-0.05, 0) is 24.6 Å². The number of aryl methyl sites for hydroxylation is 2. The number of rotatable bonds is 5. The Bertz CT molecular complexity index is 509. The third-order valence-corrected chi connectivity index (χ3v) is 2.43. The molecule has 0 fully saturated rings. The molecule has 0 aliphatic rings. The van der Waals surface area contributed by atoms with E-state index in [0.717, 1.165) is 18.5 Å². The second-order valence-electron chi connectivity index (χ2n) is 4.01. The molecule has 0 radical (unpaired) electrons. The van der Waals surface area contributed by atoms with Crippen LogP contribution in [-0.4, -0.2) is 27.3 Å². The number of carbonyl (C=O) groups excluding carboxylic acids is 1. The van der Waals surface area contributed by atoms with E-state index >= 15 is 0 Å². The number of nitrogens with zero attached hydrogens (tertiary/aromatic N) is 3. The van der Waals surface area contributed by atoms with Crippen molar-refractivity contribution in [2.75, 3.05) is 6.61 Å². The molecular weight excluding hydrogens is 230 g/mol. The molecule has 2 aromatic rings. The first-order valence-electron chi connectivity index (χ1n) is 5.82. The van der Waals surface area contributed by atoms with E-state index in [1.54, 1.807) is 18.5 Å². The maximum Gasteiger partial charge on any atom is 0.339 e. The zero-order valence-electron chi connectivity index (χ0n) is 10.2. The number of ether oxygens (including phenoxy) is 1. The fraction of sp³-hybridized carbons (Fsp3) is 0.308. The first-order valence-corrected chi connectivity index (χ1v) is 5.82. The summed E-state index contributed by atoms with van der Waals surface area (Å²) in [5.41, 5.74) is 1.44. The van der Waals surface area contributed by atoms with Crippen molar-refractivity contribution in [2.45, 2.75) is 19.9 Å². The van der Waals surface area contributed by atoms with Crippen LogP contribution < -0.4 is 0 Å². The van der Waals surface area contributed by atoms with Crippen LogP contribution in [-0.2, 0) is 11.3 Å². The molecule has 0 spiro atoms. The van der Waals surface area contributed by atoms with Gasteiger partial charge in [0, 0.05) is 37.8 Å². The smallest absolute Gasteiger partial charge is 0.339 e. The molecule has 0 saturated carbocycles. The van der Waals surface area contributed by atoms with Crippen LogP contribution in [0.1, 0.15) is 22.3 Å². The van der Waals surface area contributed by atoms with Gasteiger partial charge >= 0.3 is 5.97 Å². The van der Waals surface area contributed by atoms with E-state index in [4.69, 9.17) is 4.74 Å². The lowest BCUT2D eigenvalue weighted by molar-refractivity contribution is 0.0494. The summed E-state index contributed by atoms with van der Waals surface area (Å²) in [6, 6.07) is 3.63. The molecule has 5 nitrogen and oxygen atoms in total. The number of hydrogen-bond donors (Lipinski definition) is 0. The Balaban J connectivity index is 1.75. The SMILES string of the molecule is Cc1cncc(C(=O)OCCCn2cccn2)c1. The molecule has 5 heteroatoms. The molecule has 0 atom stereocenters. The van der Waals surface area contributed by atoms with Crippen LogP contribution >= 0.6 is 0 Å². The summed E-state index contributed by atoms with van der Waals surface area (Å²) >= 11 is 0. The molecule has 0 aromatic carbocycles. The average molecular weight is 245 g/mol. The predicted octanol–water partition coefficient (Wildman–Crippen LogP) is 1.83. The van der Waals surface area contributed by atoms with E-state index in [2.05, 4.69) is 10.1 Å². The van der Waals surface area contributed by atoms with Gasteiger partial charge in [0.25, 0.3) is 0 Å². The fourth-order valence-electron chi connectivity index (χ4n) is 1.57. The molecule has 0 bridgehead atoms. The first kappa shape index (κ1) is 12.3. The molecule has 2 aromatic heterocycles. The van der Waals surface area contributed by atoms with Gasteiger partial charge in [0.1, 0.15) is 0 Å². The number of hydrogen-bond acceptors (Lipinski definition) is 4. The second-order valence-corrected chi connectivity index (χ2v) is 4.01. The number of pyridine rings is 1. The molecule has 2 rings (SSSR count). The highest BCUT2D eigenvalue weighted by Crippen LogP contribution is 2.03. The third kappa shape index (κ3) is 3.41. The van der Waals surface area contributed by atoms with Crippen molar-refractivity contribution in [3.63, 3.8) is 0 Å². The van der Waals surface area contributed by atoms with E-state index in [9.17, 15) is 4.79 Å². The lowest BCUT2D eigenvalue weighted by Crippen LogP contribution is -2.09. The minimum Gasteiger partial charge on any atom is -0.462 e. The molecule has 2 heterocycles. The van der Waals surface area contributed by atoms with Gasteiger partial charge in [-0.3, -0.25) is 9.67 Å². The van der Waals surface area contributed by atoms with Crippen molar-refractivity contribution in [3.8, 4) is 0 Å². The van der Waals surface area contributed by atoms with Crippen LogP contribution in [0.15, 0.2) is 36.9 Å². The molecular formula is C13H15N3O2. The molecule has 0 aliphatic carbocycles. The third-order valence-electron chi connectivity index (χ3n) is 2.43. The largest absolute Gasteiger partial charge is 0.462 e. The lowest BCUT2D eigenvalue weighted by atomic mass is 10.2. The molecule has 0 unspecified atom stereocenters. The predicted molar refractivity (Wildman–Crippen MR) is 66.1 cm³/mol. The van der Waals surface area contributed by atoms with Gasteiger partial charge in [-0.15, -0.1) is 0 Å². The highest BCUT2D eigenvalue weighted by atomic mass is 16.5. The molecule has 0 N–H and O–H groups in total. The van der Waals surface area contributed by atoms with E-state index < -0.39 is 0 Å². The Morgan fingerprint density at radius 1 is 1.44 bits per heavy atom. The molecule has 0 amide bonds. The van der Waals surface area contributed by atoms with Crippen molar-refractivity contribution in [1.82, 2.24) is 14.8 Å². The van der Waals surface area contributed by atoms with Crippen LogP contribution in [0.5, 0.6) is 0 Å². The Kier molecular flexibility index (Phi) is 4.06. The van der Waals surface area contributed by atoms with Crippen molar-refractivity contribution < 1.29 is 9.53 Å². The standard InChI is InChI=1S/C13H15N3O2/c1-11-8-12(10-14-9-11)13(17)18-7-3-6-16-5-2-4-15-16/h2,4-5,8-10H,3,6-7H2,1H3. The van der Waals surface area contributed by atoms with Crippen LogP contribution in [0, 0.1) is 6.92 Å². The van der Waals surface area contributed by atoms with Gasteiger partial charge in [-0.1, -0.05) is 0 Å². The lowest BCUT2D eigenvalue weighted by Gasteiger charge is -2.05. The van der Waals surface area contributed by atoms with Crippen molar-refractivity contribution >= 4 is 5.97 Å². The highest BCUT2D eigenvalue weighted by Gasteiger charge is 2.07. The average Bonchev–Trinajstić information content (AvgIpc) is 2.87. The van der Waals surface area contributed by atoms with Crippen LogP contribution in [0.25, 0.3) is 0 Å². The normalized spacial score (nSPS) is 10.3. The monoisotopic (exact) mass is 245 g/mol. The minimum atomic E-state index is -0.327. The highest BCUT2D eigenvalue weighted by molar-refractivity contribution is 5.89. The van der Waals surface area contributed by atoms with E-state index in [0.29, 0.717) is 12.2 Å². The Labute approximate surface area is 105 Å². The summed E-state index contributed by atoms with van der Waals surface area (Å²) in [6.45, 7) is 3.01. The molecule has 18 heavy (non-hydrogen) atoms. The van der Waals surface area contributed by atoms with Crippen molar-refractivity contribution in [1.29, 1.82) is 0 Å². The zero-order chi connectivity index (χ0) is 12.8. The minimum absolute atomic E-state index is 0.327. The fourth-order valence-corrected chi connectivity index (χ4v) is 1.57. The summed E-state index contributed by atoms with van der Waals surface area (Å²) in [5, 5.41) is 4.07. The quantitative estimate of drug-likeness (QED) is 0.595. The van der Waals surface area contributed by atoms with Gasteiger partial charge in [0.2, 0.25) is 0 Å². The maximum absolute atomic E-state index is 11.7. The first-order chi connectivity index (χ1) is 8.75. The maximum atomic E-state index is 11.7. The molecule has 0 saturated heterocycles. The number of carbonyl (C=O) groups is 1. The summed E-state index contributed by atoms with van der Waals surface area (Å²) < 4.78 is 6.97. The Morgan fingerprint density at radius 2 is 2.33 bits per heavy atom.